The summed E-state index contributed by atoms with van der Waals surface area (Å²) in [7, 11) is 0. The topological polar surface area (TPSA) is 17.1 Å². The Labute approximate surface area is 109 Å². The van der Waals surface area contributed by atoms with Crippen molar-refractivity contribution in [3.8, 4) is 11.1 Å². The maximum absolute atomic E-state index is 11.9. The second kappa shape index (κ2) is 4.11. The molecular weight excluding hydrogens is 276 g/mol. The fraction of sp³-hybridized carbons (Fsp3) is 0.133. The van der Waals surface area contributed by atoms with Crippen LogP contribution in [0.3, 0.4) is 0 Å². The minimum atomic E-state index is -0.0534. The van der Waals surface area contributed by atoms with Crippen LogP contribution in [0.4, 0.5) is 0 Å². The first-order valence-corrected chi connectivity index (χ1v) is 6.54. The first-order chi connectivity index (χ1) is 8.27. The van der Waals surface area contributed by atoms with E-state index in [1.165, 1.54) is 16.7 Å². The maximum atomic E-state index is 11.9. The molecule has 2 aromatic carbocycles. The predicted molar refractivity (Wildman–Crippen MR) is 72.6 cm³/mol. The van der Waals surface area contributed by atoms with Crippen LogP contribution in [-0.4, -0.2) is 10.6 Å². The SMILES string of the molecule is O=C1c2cccc(-c3ccccc3)c2CC1Br. The van der Waals surface area contributed by atoms with Crippen molar-refractivity contribution in [2.75, 3.05) is 0 Å². The van der Waals surface area contributed by atoms with Crippen molar-refractivity contribution in [2.24, 2.45) is 0 Å². The second-order valence-electron chi connectivity index (χ2n) is 4.23. The monoisotopic (exact) mass is 286 g/mol. The molecule has 2 aromatic rings. The fourth-order valence-corrected chi connectivity index (χ4v) is 2.94. The summed E-state index contributed by atoms with van der Waals surface area (Å²) >= 11 is 3.44. The molecule has 1 nitrogen and oxygen atoms in total. The molecule has 0 heterocycles. The predicted octanol–water partition coefficient (Wildman–Crippen LogP) is 3.86. The molecule has 1 aliphatic rings. The fourth-order valence-electron chi connectivity index (χ4n) is 2.37. The van der Waals surface area contributed by atoms with Gasteiger partial charge in [-0.25, -0.2) is 0 Å². The zero-order valence-corrected chi connectivity index (χ0v) is 10.8. The van der Waals surface area contributed by atoms with Gasteiger partial charge in [-0.05, 0) is 23.1 Å². The van der Waals surface area contributed by atoms with E-state index in [0.29, 0.717) is 0 Å². The highest BCUT2D eigenvalue weighted by Crippen LogP contribution is 2.34. The molecule has 17 heavy (non-hydrogen) atoms. The molecule has 0 fully saturated rings. The molecule has 3 rings (SSSR count). The van der Waals surface area contributed by atoms with Crippen LogP contribution >= 0.6 is 15.9 Å². The number of Topliss-reactive ketones (excluding diaryl/α,β-unsaturated/α-hetero) is 1. The van der Waals surface area contributed by atoms with Gasteiger partial charge in [0.25, 0.3) is 0 Å². The van der Waals surface area contributed by atoms with Crippen LogP contribution in [0.5, 0.6) is 0 Å². The first kappa shape index (κ1) is 10.7. The third kappa shape index (κ3) is 1.73. The molecule has 0 amide bonds. The molecule has 2 heteroatoms. The van der Waals surface area contributed by atoms with Crippen molar-refractivity contribution in [3.63, 3.8) is 0 Å². The highest BCUT2D eigenvalue weighted by Gasteiger charge is 2.30. The molecule has 0 aromatic heterocycles. The number of carbonyl (C=O) groups excluding carboxylic acids is 1. The summed E-state index contributed by atoms with van der Waals surface area (Å²) in [5, 5.41) is 0. The van der Waals surface area contributed by atoms with Crippen molar-refractivity contribution < 1.29 is 4.79 Å². The van der Waals surface area contributed by atoms with Crippen LogP contribution in [0.25, 0.3) is 11.1 Å². The van der Waals surface area contributed by atoms with E-state index in [4.69, 9.17) is 0 Å². The van der Waals surface area contributed by atoms with E-state index >= 15 is 0 Å². The summed E-state index contributed by atoms with van der Waals surface area (Å²) in [6.07, 6.45) is 0.791. The Balaban J connectivity index is 2.19. The third-order valence-electron chi connectivity index (χ3n) is 3.19. The van der Waals surface area contributed by atoms with Gasteiger partial charge in [-0.3, -0.25) is 4.79 Å². The standard InChI is InChI=1S/C15H11BrO/c16-14-9-13-11(10-5-2-1-3-6-10)7-4-8-12(13)15(14)17/h1-8,14H,9H2. The third-order valence-corrected chi connectivity index (χ3v) is 3.93. The number of hydrogen-bond donors (Lipinski definition) is 0. The quantitative estimate of drug-likeness (QED) is 0.728. The Kier molecular flexibility index (Phi) is 2.60. The number of alkyl halides is 1. The van der Waals surface area contributed by atoms with Crippen LogP contribution in [-0.2, 0) is 6.42 Å². The highest BCUT2D eigenvalue weighted by atomic mass is 79.9. The molecular formula is C15H11BrO. The zero-order chi connectivity index (χ0) is 11.8. The van der Waals surface area contributed by atoms with Gasteiger partial charge in [-0.2, -0.15) is 0 Å². The summed E-state index contributed by atoms with van der Waals surface area (Å²) in [5.41, 5.74) is 4.40. The van der Waals surface area contributed by atoms with E-state index in [2.05, 4.69) is 34.1 Å². The van der Waals surface area contributed by atoms with E-state index in [1.807, 2.05) is 30.3 Å². The number of hydrogen-bond acceptors (Lipinski definition) is 1. The number of fused-ring (bicyclic) bond motifs is 1. The molecule has 0 aliphatic heterocycles. The van der Waals surface area contributed by atoms with Crippen molar-refractivity contribution >= 4 is 21.7 Å². The zero-order valence-electron chi connectivity index (χ0n) is 9.19. The number of halogens is 1. The minimum absolute atomic E-state index is 0.0534. The molecule has 84 valence electrons. The summed E-state index contributed by atoms with van der Waals surface area (Å²) in [6, 6.07) is 16.2. The number of ketones is 1. The average molecular weight is 287 g/mol. The summed E-state index contributed by atoms with van der Waals surface area (Å²) in [5.74, 6) is 0.206. The van der Waals surface area contributed by atoms with Crippen LogP contribution in [0.2, 0.25) is 0 Å². The van der Waals surface area contributed by atoms with Gasteiger partial charge in [-0.15, -0.1) is 0 Å². The summed E-state index contributed by atoms with van der Waals surface area (Å²) < 4.78 is 0. The second-order valence-corrected chi connectivity index (χ2v) is 5.34. The van der Waals surface area contributed by atoms with Crippen LogP contribution in [0.1, 0.15) is 15.9 Å². The Bertz CT molecular complexity index is 575. The van der Waals surface area contributed by atoms with Crippen molar-refractivity contribution in [3.05, 3.63) is 59.7 Å². The van der Waals surface area contributed by atoms with Gasteiger partial charge in [0.05, 0.1) is 4.83 Å². The molecule has 1 unspecified atom stereocenters. The summed E-state index contributed by atoms with van der Waals surface area (Å²) in [4.78, 5) is 11.9. The normalized spacial score (nSPS) is 18.2. The number of rotatable bonds is 1. The lowest BCUT2D eigenvalue weighted by atomic mass is 9.97. The molecule has 1 aliphatic carbocycles. The lowest BCUT2D eigenvalue weighted by molar-refractivity contribution is 0.100. The molecule has 0 radical (unpaired) electrons. The largest absolute Gasteiger partial charge is 0.293 e. The number of benzene rings is 2. The lowest BCUT2D eigenvalue weighted by Crippen LogP contribution is -2.05. The van der Waals surface area contributed by atoms with Gasteiger partial charge < -0.3 is 0 Å². The van der Waals surface area contributed by atoms with Crippen LogP contribution < -0.4 is 0 Å². The summed E-state index contributed by atoms with van der Waals surface area (Å²) in [6.45, 7) is 0. The smallest absolute Gasteiger partial charge is 0.177 e. The lowest BCUT2D eigenvalue weighted by Gasteiger charge is -2.07. The maximum Gasteiger partial charge on any atom is 0.177 e. The first-order valence-electron chi connectivity index (χ1n) is 5.63. The Morgan fingerprint density at radius 1 is 0.941 bits per heavy atom. The van der Waals surface area contributed by atoms with E-state index in [9.17, 15) is 4.79 Å². The molecule has 0 bridgehead atoms. The van der Waals surface area contributed by atoms with E-state index < -0.39 is 0 Å². The Hall–Kier alpha value is -1.41. The van der Waals surface area contributed by atoms with Gasteiger partial charge in [-0.1, -0.05) is 64.5 Å². The van der Waals surface area contributed by atoms with Crippen molar-refractivity contribution in [2.45, 2.75) is 11.2 Å². The molecule has 0 saturated heterocycles. The van der Waals surface area contributed by atoms with Gasteiger partial charge in [0, 0.05) is 5.56 Å². The van der Waals surface area contributed by atoms with Crippen LogP contribution in [0, 0.1) is 0 Å². The Morgan fingerprint density at radius 2 is 1.65 bits per heavy atom. The van der Waals surface area contributed by atoms with Gasteiger partial charge in [0.2, 0.25) is 0 Å². The highest BCUT2D eigenvalue weighted by molar-refractivity contribution is 9.10. The van der Waals surface area contributed by atoms with Crippen LogP contribution in [0.15, 0.2) is 48.5 Å². The van der Waals surface area contributed by atoms with Crippen molar-refractivity contribution in [1.29, 1.82) is 0 Å². The average Bonchev–Trinajstić information content (AvgIpc) is 2.67. The van der Waals surface area contributed by atoms with E-state index in [-0.39, 0.29) is 10.6 Å². The molecule has 0 spiro atoms. The molecule has 0 N–H and O–H groups in total. The Morgan fingerprint density at radius 3 is 2.41 bits per heavy atom. The minimum Gasteiger partial charge on any atom is -0.293 e. The molecule has 1 atom stereocenters. The van der Waals surface area contributed by atoms with Gasteiger partial charge in [0.15, 0.2) is 5.78 Å². The van der Waals surface area contributed by atoms with Crippen molar-refractivity contribution in [1.82, 2.24) is 0 Å². The van der Waals surface area contributed by atoms with Gasteiger partial charge in [0.1, 0.15) is 0 Å². The molecule has 0 saturated carbocycles. The van der Waals surface area contributed by atoms with E-state index in [0.717, 1.165) is 12.0 Å². The number of carbonyl (C=O) groups is 1. The van der Waals surface area contributed by atoms with E-state index in [1.54, 1.807) is 0 Å². The van der Waals surface area contributed by atoms with Gasteiger partial charge >= 0.3 is 0 Å².